The van der Waals surface area contributed by atoms with Gasteiger partial charge >= 0.3 is 0 Å². The lowest BCUT2D eigenvalue weighted by molar-refractivity contribution is 0.0939. The molecule has 104 valence electrons. The molecule has 1 aromatic carbocycles. The smallest absolute Gasteiger partial charge is 0.255 e. The minimum absolute atomic E-state index is 0.0887. The van der Waals surface area contributed by atoms with Gasteiger partial charge in [-0.2, -0.15) is 0 Å². The number of likely N-dealkylation sites (N-methyl/N-ethyl adjacent to an activating group) is 1. The van der Waals surface area contributed by atoms with Crippen LogP contribution in [0.25, 0.3) is 0 Å². The molecule has 0 aliphatic carbocycles. The van der Waals surface area contributed by atoms with Gasteiger partial charge in [0.15, 0.2) is 5.75 Å². The Kier molecular flexibility index (Phi) is 4.27. The second-order valence-electron chi connectivity index (χ2n) is 4.98. The van der Waals surface area contributed by atoms with Crippen LogP contribution in [0.5, 0.6) is 5.75 Å². The van der Waals surface area contributed by atoms with Crippen LogP contribution in [0.3, 0.4) is 0 Å². The lowest BCUT2D eigenvalue weighted by Gasteiger charge is -2.23. The highest BCUT2D eigenvalue weighted by atomic mass is 16.5. The number of carbonyl (C=O) groups is 1. The molecule has 1 aliphatic rings. The van der Waals surface area contributed by atoms with Gasteiger partial charge in [-0.15, -0.1) is 0 Å². The Morgan fingerprint density at radius 2 is 2.32 bits per heavy atom. The highest BCUT2D eigenvalue weighted by molar-refractivity contribution is 5.99. The molecule has 5 nitrogen and oxygen atoms in total. The van der Waals surface area contributed by atoms with Crippen molar-refractivity contribution in [2.75, 3.05) is 39.1 Å². The molecule has 0 radical (unpaired) electrons. The lowest BCUT2D eigenvalue weighted by Crippen LogP contribution is -2.38. The van der Waals surface area contributed by atoms with Crippen molar-refractivity contribution in [3.63, 3.8) is 0 Å². The number of ether oxygens (including phenoxy) is 1. The molecular formula is C14H21N3O2. The third-order valence-corrected chi connectivity index (χ3v) is 3.36. The summed E-state index contributed by atoms with van der Waals surface area (Å²) in [5.74, 6) is 0.568. The summed E-state index contributed by atoms with van der Waals surface area (Å²) in [6.07, 6.45) is 0. The van der Waals surface area contributed by atoms with Gasteiger partial charge in [-0.3, -0.25) is 4.79 Å². The number of anilines is 1. The molecule has 0 spiro atoms. The van der Waals surface area contributed by atoms with Crippen LogP contribution in [0.15, 0.2) is 18.2 Å². The number of hydrogen-bond donors (Lipinski definition) is 2. The number of para-hydroxylation sites is 1. The summed E-state index contributed by atoms with van der Waals surface area (Å²) in [6.45, 7) is 4.04. The van der Waals surface area contributed by atoms with Gasteiger partial charge in [0.05, 0.1) is 11.3 Å². The Morgan fingerprint density at radius 1 is 1.53 bits per heavy atom. The molecule has 1 aromatic rings. The standard InChI is InChI=1S/C14H21N3O2/c1-10(17(2)3)9-16-14(18)11-5-4-6-12-13(11)19-8-7-15-12/h4-6,10,15H,7-9H2,1-3H3,(H,16,18). The minimum Gasteiger partial charge on any atom is -0.489 e. The SMILES string of the molecule is CC(CNC(=O)c1cccc2c1OCCN2)N(C)C. The van der Waals surface area contributed by atoms with Crippen LogP contribution in [0, 0.1) is 0 Å². The maximum atomic E-state index is 12.2. The quantitative estimate of drug-likeness (QED) is 0.856. The first-order valence-corrected chi connectivity index (χ1v) is 6.54. The van der Waals surface area contributed by atoms with E-state index in [-0.39, 0.29) is 5.91 Å². The van der Waals surface area contributed by atoms with Gasteiger partial charge in [0.1, 0.15) is 6.61 Å². The molecule has 2 rings (SSSR count). The zero-order valence-corrected chi connectivity index (χ0v) is 11.7. The Labute approximate surface area is 113 Å². The molecule has 19 heavy (non-hydrogen) atoms. The van der Waals surface area contributed by atoms with Gasteiger partial charge in [0.2, 0.25) is 0 Å². The first kappa shape index (κ1) is 13.7. The number of carbonyl (C=O) groups excluding carboxylic acids is 1. The summed E-state index contributed by atoms with van der Waals surface area (Å²) in [4.78, 5) is 14.3. The molecule has 0 saturated heterocycles. The van der Waals surface area contributed by atoms with Crippen LogP contribution in [-0.4, -0.2) is 50.6 Å². The average Bonchev–Trinajstić information content (AvgIpc) is 2.43. The highest BCUT2D eigenvalue weighted by Crippen LogP contribution is 2.30. The topological polar surface area (TPSA) is 53.6 Å². The molecule has 1 aliphatic heterocycles. The van der Waals surface area contributed by atoms with Crippen LogP contribution in [0.4, 0.5) is 5.69 Å². The van der Waals surface area contributed by atoms with E-state index in [9.17, 15) is 4.79 Å². The Hall–Kier alpha value is -1.75. The van der Waals surface area contributed by atoms with Gasteiger partial charge in [-0.05, 0) is 33.2 Å². The Bertz CT molecular complexity index is 460. The van der Waals surface area contributed by atoms with Crippen molar-refractivity contribution in [2.45, 2.75) is 13.0 Å². The molecule has 1 atom stereocenters. The van der Waals surface area contributed by atoms with Gasteiger partial charge in [0, 0.05) is 19.1 Å². The summed E-state index contributed by atoms with van der Waals surface area (Å²) in [6, 6.07) is 5.88. The van der Waals surface area contributed by atoms with Crippen molar-refractivity contribution in [2.24, 2.45) is 0 Å². The number of nitrogens with zero attached hydrogens (tertiary/aromatic N) is 1. The molecule has 2 N–H and O–H groups in total. The molecule has 0 bridgehead atoms. The first-order valence-electron chi connectivity index (χ1n) is 6.54. The first-order chi connectivity index (χ1) is 9.09. The third-order valence-electron chi connectivity index (χ3n) is 3.36. The maximum absolute atomic E-state index is 12.2. The highest BCUT2D eigenvalue weighted by Gasteiger charge is 2.19. The van der Waals surface area contributed by atoms with E-state index in [0.717, 1.165) is 12.2 Å². The van der Waals surface area contributed by atoms with E-state index in [2.05, 4.69) is 22.5 Å². The number of fused-ring (bicyclic) bond motifs is 1. The van der Waals surface area contributed by atoms with Gasteiger partial charge in [0.25, 0.3) is 5.91 Å². The van der Waals surface area contributed by atoms with E-state index >= 15 is 0 Å². The van der Waals surface area contributed by atoms with Gasteiger partial charge in [-0.1, -0.05) is 6.07 Å². The van der Waals surface area contributed by atoms with E-state index in [0.29, 0.717) is 30.5 Å². The lowest BCUT2D eigenvalue weighted by atomic mass is 10.1. The predicted molar refractivity (Wildman–Crippen MR) is 75.9 cm³/mol. The zero-order valence-electron chi connectivity index (χ0n) is 11.7. The van der Waals surface area contributed by atoms with Gasteiger partial charge < -0.3 is 20.3 Å². The Balaban J connectivity index is 2.07. The molecule has 1 heterocycles. The van der Waals surface area contributed by atoms with E-state index in [1.165, 1.54) is 0 Å². The van der Waals surface area contributed by atoms with Crippen molar-refractivity contribution >= 4 is 11.6 Å². The minimum atomic E-state index is -0.0887. The van der Waals surface area contributed by atoms with Crippen LogP contribution < -0.4 is 15.4 Å². The fraction of sp³-hybridized carbons (Fsp3) is 0.500. The number of rotatable bonds is 4. The maximum Gasteiger partial charge on any atom is 0.255 e. The van der Waals surface area contributed by atoms with Gasteiger partial charge in [-0.25, -0.2) is 0 Å². The molecule has 0 fully saturated rings. The van der Waals surface area contributed by atoms with Crippen molar-refractivity contribution in [1.29, 1.82) is 0 Å². The summed E-state index contributed by atoms with van der Waals surface area (Å²) in [5, 5.41) is 6.17. The average molecular weight is 263 g/mol. The van der Waals surface area contributed by atoms with E-state index in [4.69, 9.17) is 4.74 Å². The summed E-state index contributed by atoms with van der Waals surface area (Å²) in [5.41, 5.74) is 1.48. The summed E-state index contributed by atoms with van der Waals surface area (Å²) < 4.78 is 5.60. The molecule has 1 amide bonds. The van der Waals surface area contributed by atoms with Crippen LogP contribution >= 0.6 is 0 Å². The van der Waals surface area contributed by atoms with Crippen LogP contribution in [-0.2, 0) is 0 Å². The molecule has 1 unspecified atom stereocenters. The molecule has 0 aromatic heterocycles. The number of hydrogen-bond acceptors (Lipinski definition) is 4. The number of amides is 1. The van der Waals surface area contributed by atoms with Crippen molar-refractivity contribution in [1.82, 2.24) is 10.2 Å². The normalized spacial score (nSPS) is 15.2. The number of nitrogens with one attached hydrogen (secondary N) is 2. The van der Waals surface area contributed by atoms with Crippen molar-refractivity contribution < 1.29 is 9.53 Å². The third kappa shape index (κ3) is 3.17. The fourth-order valence-electron chi connectivity index (χ4n) is 1.87. The monoisotopic (exact) mass is 263 g/mol. The van der Waals surface area contributed by atoms with E-state index in [1.54, 1.807) is 6.07 Å². The second-order valence-corrected chi connectivity index (χ2v) is 4.98. The van der Waals surface area contributed by atoms with E-state index in [1.807, 2.05) is 26.2 Å². The van der Waals surface area contributed by atoms with Crippen LogP contribution in [0.2, 0.25) is 0 Å². The Morgan fingerprint density at radius 3 is 3.05 bits per heavy atom. The zero-order chi connectivity index (χ0) is 13.8. The molecule has 0 saturated carbocycles. The van der Waals surface area contributed by atoms with Crippen molar-refractivity contribution in [3.8, 4) is 5.75 Å². The number of benzene rings is 1. The molecular weight excluding hydrogens is 242 g/mol. The summed E-state index contributed by atoms with van der Waals surface area (Å²) in [7, 11) is 3.99. The van der Waals surface area contributed by atoms with Crippen molar-refractivity contribution in [3.05, 3.63) is 23.8 Å². The summed E-state index contributed by atoms with van der Waals surface area (Å²) >= 11 is 0. The van der Waals surface area contributed by atoms with E-state index < -0.39 is 0 Å². The molecule has 5 heteroatoms. The second kappa shape index (κ2) is 5.93. The largest absolute Gasteiger partial charge is 0.489 e. The fourth-order valence-corrected chi connectivity index (χ4v) is 1.87. The predicted octanol–water partition coefficient (Wildman–Crippen LogP) is 1.17. The van der Waals surface area contributed by atoms with Crippen LogP contribution in [0.1, 0.15) is 17.3 Å².